The molecule has 2 aliphatic rings. The Morgan fingerprint density at radius 2 is 0.967 bits per heavy atom. The van der Waals surface area contributed by atoms with Crippen LogP contribution in [0.1, 0.15) is 220 Å². The molecule has 0 aliphatic carbocycles. The number of carbonyl (C=O) groups excluding carboxylic acids is 4. The second kappa shape index (κ2) is 46.5. The van der Waals surface area contributed by atoms with E-state index < -0.39 is 175 Å². The summed E-state index contributed by atoms with van der Waals surface area (Å²) in [5.74, 6) is -12.6. The fourth-order valence-electron chi connectivity index (χ4n) is 10.9. The number of hydrogen-bond donors (Lipinski definition) is 13. The Morgan fingerprint density at radius 1 is 0.556 bits per heavy atom. The van der Waals surface area contributed by atoms with E-state index in [9.17, 15) is 84.2 Å². The van der Waals surface area contributed by atoms with Crippen LogP contribution in [0, 0.1) is 0 Å². The van der Waals surface area contributed by atoms with Crippen LogP contribution in [0.2, 0.25) is 0 Å². The minimum atomic E-state index is -4.84. The number of phosphoric acid groups is 1. The average molecular weight is 1320 g/mol. The summed E-state index contributed by atoms with van der Waals surface area (Å²) in [7, 11) is -4.84. The lowest BCUT2D eigenvalue weighted by Crippen LogP contribution is -2.70. The van der Waals surface area contributed by atoms with Crippen LogP contribution >= 0.6 is 7.82 Å². The number of unbranched alkanes of at least 4 members (excludes halogenated alkanes) is 24. The summed E-state index contributed by atoms with van der Waals surface area (Å²) in [5.41, 5.74) is 0. The van der Waals surface area contributed by atoms with E-state index in [1.165, 1.54) is 103 Å². The van der Waals surface area contributed by atoms with Crippen molar-refractivity contribution in [2.75, 3.05) is 52.7 Å². The van der Waals surface area contributed by atoms with Crippen LogP contribution in [0.5, 0.6) is 0 Å². The first-order valence-corrected chi connectivity index (χ1v) is 34.4. The zero-order chi connectivity index (χ0) is 67.0. The van der Waals surface area contributed by atoms with E-state index in [0.717, 1.165) is 65.2 Å². The molecule has 2 aliphatic heterocycles. The van der Waals surface area contributed by atoms with Crippen molar-refractivity contribution >= 4 is 43.5 Å². The number of ether oxygens (including phenoxy) is 6. The standard InChI is InChI=1S/C61H112N3O25P/c1-5-7-9-11-13-15-17-19-21-23-25-27-29-31-50(72)82-41-45(86-51(73)32-30-28-26-24-22-20-18-16-14-12-10-8-6-2)42-85-90(80,81)84-36-34-62-33-35-83-60(58(76)77)37-46(69)53(64-44(4)68)57(88-60)55(75)49(40-66)87-61(59(78)79)38-47(70)52(63-43(3)67)56(89-61)54(74)48(71)39-65/h45-49,52-57,62,65-66,69-71,74-75H,5-42H2,1-4H3,(H,63,67)(H,64,68)(H,76,77)(H,78,79)(H,80,81)/t45-,46+,47+,48-,49-,52-,53-,54-,55-,56-,57-,60-,61-/m1/s1. The smallest absolute Gasteiger partial charge is 0.472 e. The highest BCUT2D eigenvalue weighted by Gasteiger charge is 2.60. The Labute approximate surface area is 531 Å². The minimum Gasteiger partial charge on any atom is -0.477 e. The number of aliphatic hydroxyl groups is 7. The van der Waals surface area contributed by atoms with E-state index in [0.29, 0.717) is 12.8 Å². The Hall–Kier alpha value is -3.55. The summed E-state index contributed by atoms with van der Waals surface area (Å²) in [6.07, 6.45) is 9.64. The number of rotatable bonds is 54. The molecule has 0 aromatic heterocycles. The number of carboxylic acid groups (broad SMARTS) is 2. The topological polar surface area (TPSA) is 432 Å². The van der Waals surface area contributed by atoms with E-state index in [-0.39, 0.29) is 25.9 Å². The second-order valence-electron chi connectivity index (χ2n) is 23.8. The molecular formula is C61H112N3O25P. The minimum absolute atomic E-state index is 0.0830. The van der Waals surface area contributed by atoms with Crippen LogP contribution in [-0.2, 0) is 70.8 Å². The van der Waals surface area contributed by atoms with Gasteiger partial charge in [-0.25, -0.2) is 14.2 Å². The van der Waals surface area contributed by atoms with Crippen molar-refractivity contribution in [1.82, 2.24) is 16.0 Å². The SMILES string of the molecule is CCCCCCCCCCCCCCCC(=O)OC[C@H](COP(=O)(O)OCCNCCO[C@]1(C(=O)O)C[C@H](O)[C@@H](NC(C)=O)[C@H]([C@H](O)[C@@H](CO)O[C@]2(C(=O)O)C[C@H](O)[C@@H](NC(C)=O)[C@H]([C@H](O)[C@H](O)CO)O2)O1)OC(=O)CCCCCCCCCCCCCCC. The van der Waals surface area contributed by atoms with Gasteiger partial charge in [0.15, 0.2) is 6.10 Å². The summed E-state index contributed by atoms with van der Waals surface area (Å²) in [6.45, 7) is 1.52. The predicted molar refractivity (Wildman–Crippen MR) is 326 cm³/mol. The summed E-state index contributed by atoms with van der Waals surface area (Å²) < 4.78 is 57.0. The van der Waals surface area contributed by atoms with E-state index in [1.807, 2.05) is 0 Å². The number of aliphatic hydroxyl groups excluding tert-OH is 7. The zero-order valence-electron chi connectivity index (χ0n) is 53.8. The van der Waals surface area contributed by atoms with Crippen molar-refractivity contribution in [3.8, 4) is 0 Å². The van der Waals surface area contributed by atoms with Crippen molar-refractivity contribution < 1.29 is 122 Å². The molecule has 29 heteroatoms. The first kappa shape index (κ1) is 82.5. The Morgan fingerprint density at radius 3 is 1.40 bits per heavy atom. The number of nitrogens with one attached hydrogen (secondary N) is 3. The molecule has 1 unspecified atom stereocenters. The number of carbonyl (C=O) groups is 6. The van der Waals surface area contributed by atoms with Crippen molar-refractivity contribution in [3.05, 3.63) is 0 Å². The monoisotopic (exact) mass is 1320 g/mol. The molecule has 90 heavy (non-hydrogen) atoms. The molecular weight excluding hydrogens is 1210 g/mol. The molecule has 0 aromatic rings. The third kappa shape index (κ3) is 32.5. The highest BCUT2D eigenvalue weighted by Crippen LogP contribution is 2.43. The zero-order valence-corrected chi connectivity index (χ0v) is 54.7. The van der Waals surface area contributed by atoms with Crippen LogP contribution in [-0.4, -0.2) is 218 Å². The second-order valence-corrected chi connectivity index (χ2v) is 25.3. The van der Waals surface area contributed by atoms with Crippen LogP contribution in [0.25, 0.3) is 0 Å². The van der Waals surface area contributed by atoms with Crippen LogP contribution < -0.4 is 16.0 Å². The Balaban J connectivity index is 2.04. The molecule has 14 atom stereocenters. The maximum Gasteiger partial charge on any atom is 0.472 e. The van der Waals surface area contributed by atoms with E-state index in [1.54, 1.807) is 0 Å². The van der Waals surface area contributed by atoms with Crippen molar-refractivity contribution in [1.29, 1.82) is 0 Å². The average Bonchev–Trinajstić information content (AvgIpc) is 0.783. The molecule has 526 valence electrons. The molecule has 0 spiro atoms. The van der Waals surface area contributed by atoms with Crippen molar-refractivity contribution in [2.45, 2.75) is 299 Å². The fourth-order valence-corrected chi connectivity index (χ4v) is 11.7. The molecule has 2 heterocycles. The molecule has 28 nitrogen and oxygen atoms in total. The van der Waals surface area contributed by atoms with Gasteiger partial charge in [0.2, 0.25) is 11.8 Å². The lowest BCUT2D eigenvalue weighted by molar-refractivity contribution is -0.345. The first-order valence-electron chi connectivity index (χ1n) is 32.9. The number of esters is 2. The number of hydrogen-bond acceptors (Lipinski definition) is 23. The van der Waals surface area contributed by atoms with Crippen molar-refractivity contribution in [2.24, 2.45) is 0 Å². The fraction of sp³-hybridized carbons (Fsp3) is 0.902. The van der Waals surface area contributed by atoms with Gasteiger partial charge >= 0.3 is 31.7 Å². The van der Waals surface area contributed by atoms with Crippen LogP contribution in [0.15, 0.2) is 0 Å². The quantitative estimate of drug-likeness (QED) is 0.0227. The number of carboxylic acids is 2. The largest absolute Gasteiger partial charge is 0.477 e. The summed E-state index contributed by atoms with van der Waals surface area (Å²) in [5, 5.41) is 104. The van der Waals surface area contributed by atoms with Gasteiger partial charge in [0.05, 0.1) is 57.3 Å². The van der Waals surface area contributed by atoms with Gasteiger partial charge in [-0.1, -0.05) is 168 Å². The van der Waals surface area contributed by atoms with Crippen LogP contribution in [0.4, 0.5) is 0 Å². The normalized spacial score (nSPS) is 24.2. The number of phosphoric ester groups is 1. The van der Waals surface area contributed by atoms with E-state index >= 15 is 0 Å². The molecule has 0 bridgehead atoms. The van der Waals surface area contributed by atoms with Crippen molar-refractivity contribution in [3.63, 3.8) is 0 Å². The molecule has 2 amide bonds. The number of amides is 2. The maximum absolute atomic E-state index is 13.0. The van der Waals surface area contributed by atoms with Gasteiger partial charge in [-0.3, -0.25) is 28.2 Å². The molecule has 0 saturated carbocycles. The van der Waals surface area contributed by atoms with Gasteiger partial charge in [0, 0.05) is 52.6 Å². The van der Waals surface area contributed by atoms with E-state index in [2.05, 4.69) is 29.8 Å². The molecule has 13 N–H and O–H groups in total. The van der Waals surface area contributed by atoms with Gasteiger partial charge in [-0.15, -0.1) is 0 Å². The first-order chi connectivity index (χ1) is 42.9. The Kier molecular flexibility index (Phi) is 42.7. The molecule has 0 radical (unpaired) electrons. The molecule has 2 rings (SSSR count). The predicted octanol–water partition coefficient (Wildman–Crippen LogP) is 4.47. The summed E-state index contributed by atoms with van der Waals surface area (Å²) >= 11 is 0. The van der Waals surface area contributed by atoms with E-state index in [4.69, 9.17) is 37.5 Å². The van der Waals surface area contributed by atoms with Crippen LogP contribution in [0.3, 0.4) is 0 Å². The third-order valence-electron chi connectivity index (χ3n) is 16.0. The molecule has 2 fully saturated rings. The summed E-state index contributed by atoms with van der Waals surface area (Å²) in [4.78, 5) is 86.5. The van der Waals surface area contributed by atoms with Gasteiger partial charge in [0.1, 0.15) is 43.2 Å². The number of aliphatic carboxylic acids is 2. The molecule has 0 aromatic carbocycles. The van der Waals surface area contributed by atoms with Gasteiger partial charge < -0.3 is 95.2 Å². The highest BCUT2D eigenvalue weighted by molar-refractivity contribution is 7.47. The lowest BCUT2D eigenvalue weighted by Gasteiger charge is -2.49. The Bertz CT molecular complexity index is 2070. The van der Waals surface area contributed by atoms with Gasteiger partial charge in [-0.05, 0) is 12.8 Å². The molecule has 2 saturated heterocycles. The lowest BCUT2D eigenvalue weighted by atomic mass is 9.87. The highest BCUT2D eigenvalue weighted by atomic mass is 31.2. The summed E-state index contributed by atoms with van der Waals surface area (Å²) in [6, 6.07) is -3.31. The maximum atomic E-state index is 13.0. The third-order valence-corrected chi connectivity index (χ3v) is 16.9. The van der Waals surface area contributed by atoms with Gasteiger partial charge in [0.25, 0.3) is 11.6 Å². The van der Waals surface area contributed by atoms with Gasteiger partial charge in [-0.2, -0.15) is 0 Å².